The third-order valence-corrected chi connectivity index (χ3v) is 6.21. The minimum atomic E-state index is -1.55. The van der Waals surface area contributed by atoms with Gasteiger partial charge in [0.05, 0.1) is 25.5 Å². The van der Waals surface area contributed by atoms with Crippen molar-refractivity contribution in [2.45, 2.75) is 32.0 Å². The molecule has 0 saturated carbocycles. The van der Waals surface area contributed by atoms with Crippen LogP contribution in [0.25, 0.3) is 0 Å². The first-order valence-electron chi connectivity index (χ1n) is 10.6. The number of amides is 2. The molecule has 1 fully saturated rings. The van der Waals surface area contributed by atoms with Gasteiger partial charge in [-0.2, -0.15) is 0 Å². The zero-order valence-electron chi connectivity index (χ0n) is 18.9. The number of carbonyl (C=O) groups excluding carboxylic acids is 3. The van der Waals surface area contributed by atoms with E-state index in [4.69, 9.17) is 14.2 Å². The Morgan fingerprint density at radius 2 is 1.85 bits per heavy atom. The topological polar surface area (TPSA) is 85.4 Å². The van der Waals surface area contributed by atoms with Crippen LogP contribution in [0.5, 0.6) is 11.5 Å². The Balaban J connectivity index is 1.72. The van der Waals surface area contributed by atoms with Crippen molar-refractivity contribution < 1.29 is 28.6 Å². The number of anilines is 1. The predicted octanol–water partition coefficient (Wildman–Crippen LogP) is 3.22. The third kappa shape index (κ3) is 3.42. The SMILES string of the molecule is C=CCN1C(=O)c2ccccc2N2C(=O)CCC12C(=O)OCc1cc(OC)c(OC)cc1C. The van der Waals surface area contributed by atoms with E-state index in [0.717, 1.165) is 11.1 Å². The Kier molecular flexibility index (Phi) is 5.84. The minimum Gasteiger partial charge on any atom is -0.493 e. The molecule has 0 spiro atoms. The Hall–Kier alpha value is -3.81. The normalized spacial score (nSPS) is 19.1. The van der Waals surface area contributed by atoms with Crippen molar-refractivity contribution in [2.24, 2.45) is 0 Å². The lowest BCUT2D eigenvalue weighted by molar-refractivity contribution is -0.158. The molecule has 8 heteroatoms. The molecule has 8 nitrogen and oxygen atoms in total. The van der Waals surface area contributed by atoms with Gasteiger partial charge in [0.1, 0.15) is 6.61 Å². The average molecular weight is 450 g/mol. The summed E-state index contributed by atoms with van der Waals surface area (Å²) >= 11 is 0. The molecule has 2 heterocycles. The number of hydrogen-bond acceptors (Lipinski definition) is 6. The molecule has 0 bridgehead atoms. The second-order valence-electron chi connectivity index (χ2n) is 7.98. The lowest BCUT2D eigenvalue weighted by Crippen LogP contribution is -2.68. The summed E-state index contributed by atoms with van der Waals surface area (Å²) < 4.78 is 16.4. The van der Waals surface area contributed by atoms with Gasteiger partial charge in [-0.25, -0.2) is 4.79 Å². The van der Waals surface area contributed by atoms with Gasteiger partial charge < -0.3 is 19.1 Å². The number of rotatable bonds is 7. The number of hydrogen-bond donors (Lipinski definition) is 0. The molecule has 2 aliphatic heterocycles. The molecule has 4 rings (SSSR count). The van der Waals surface area contributed by atoms with Crippen molar-refractivity contribution in [3.05, 3.63) is 65.7 Å². The molecule has 33 heavy (non-hydrogen) atoms. The summed E-state index contributed by atoms with van der Waals surface area (Å²) in [6.45, 7) is 5.66. The minimum absolute atomic E-state index is 0.0490. The first-order valence-corrected chi connectivity index (χ1v) is 10.6. The summed E-state index contributed by atoms with van der Waals surface area (Å²) in [4.78, 5) is 42.7. The van der Waals surface area contributed by atoms with Crippen LogP contribution in [0.3, 0.4) is 0 Å². The van der Waals surface area contributed by atoms with Crippen molar-refractivity contribution in [1.82, 2.24) is 4.90 Å². The molecule has 172 valence electrons. The number of methoxy groups -OCH3 is 2. The van der Waals surface area contributed by atoms with Gasteiger partial charge in [-0.05, 0) is 42.3 Å². The Morgan fingerprint density at radius 3 is 2.55 bits per heavy atom. The lowest BCUT2D eigenvalue weighted by Gasteiger charge is -2.48. The second-order valence-corrected chi connectivity index (χ2v) is 7.98. The Labute approximate surface area is 192 Å². The van der Waals surface area contributed by atoms with Crippen LogP contribution in [-0.4, -0.2) is 49.1 Å². The average Bonchev–Trinajstić information content (AvgIpc) is 3.18. The summed E-state index contributed by atoms with van der Waals surface area (Å²) in [5.41, 5.74) is 0.816. The van der Waals surface area contributed by atoms with Gasteiger partial charge in [0.15, 0.2) is 11.5 Å². The number of carbonyl (C=O) groups is 3. The number of benzene rings is 2. The van der Waals surface area contributed by atoms with Crippen LogP contribution < -0.4 is 14.4 Å². The van der Waals surface area contributed by atoms with Crippen molar-refractivity contribution >= 4 is 23.5 Å². The van der Waals surface area contributed by atoms with E-state index in [0.29, 0.717) is 22.7 Å². The van der Waals surface area contributed by atoms with E-state index in [1.54, 1.807) is 49.6 Å². The van der Waals surface area contributed by atoms with Crippen LogP contribution in [-0.2, 0) is 20.9 Å². The van der Waals surface area contributed by atoms with Gasteiger partial charge in [0.2, 0.25) is 11.6 Å². The molecule has 1 saturated heterocycles. The molecule has 0 N–H and O–H groups in total. The highest BCUT2D eigenvalue weighted by Gasteiger charge is 2.61. The third-order valence-electron chi connectivity index (χ3n) is 6.21. The van der Waals surface area contributed by atoms with Crippen LogP contribution in [0.15, 0.2) is 49.1 Å². The van der Waals surface area contributed by atoms with Gasteiger partial charge in [0, 0.05) is 19.4 Å². The van der Waals surface area contributed by atoms with E-state index >= 15 is 0 Å². The van der Waals surface area contributed by atoms with Crippen molar-refractivity contribution in [3.63, 3.8) is 0 Å². The van der Waals surface area contributed by atoms with Crippen LogP contribution in [0.1, 0.15) is 34.3 Å². The highest BCUT2D eigenvalue weighted by Crippen LogP contribution is 2.45. The smallest absolute Gasteiger partial charge is 0.354 e. The summed E-state index contributed by atoms with van der Waals surface area (Å²) in [5.74, 6) is -0.144. The molecular formula is C25H26N2O6. The van der Waals surface area contributed by atoms with E-state index in [1.807, 2.05) is 6.92 Å². The molecule has 2 aromatic rings. The van der Waals surface area contributed by atoms with E-state index in [-0.39, 0.29) is 37.8 Å². The maximum atomic E-state index is 13.6. The van der Waals surface area contributed by atoms with E-state index < -0.39 is 11.6 Å². The summed E-state index contributed by atoms with van der Waals surface area (Å²) in [5, 5.41) is 0. The van der Waals surface area contributed by atoms with Gasteiger partial charge in [-0.3, -0.25) is 14.5 Å². The fourth-order valence-corrected chi connectivity index (χ4v) is 4.57. The van der Waals surface area contributed by atoms with Gasteiger partial charge in [-0.15, -0.1) is 6.58 Å². The maximum absolute atomic E-state index is 13.6. The molecule has 2 aliphatic rings. The zero-order chi connectivity index (χ0) is 23.8. The Morgan fingerprint density at radius 1 is 1.15 bits per heavy atom. The number of para-hydroxylation sites is 1. The van der Waals surface area contributed by atoms with Crippen LogP contribution in [0.4, 0.5) is 5.69 Å². The maximum Gasteiger partial charge on any atom is 0.354 e. The molecule has 1 atom stereocenters. The summed E-state index contributed by atoms with van der Waals surface area (Å²) in [6, 6.07) is 10.4. The first kappa shape index (κ1) is 22.4. The standard InChI is InChI=1S/C25H26N2O6/c1-5-12-26-23(29)18-8-6-7-9-19(18)27-22(28)10-11-25(26,27)24(30)33-15-17-14-21(32-4)20(31-3)13-16(17)2/h5-9,13-14H,1,10-12,15H2,2-4H3. The number of nitrogens with zero attached hydrogens (tertiary/aromatic N) is 2. The van der Waals surface area contributed by atoms with Crippen LogP contribution in [0, 0.1) is 6.92 Å². The van der Waals surface area contributed by atoms with Crippen LogP contribution >= 0.6 is 0 Å². The van der Waals surface area contributed by atoms with Gasteiger partial charge in [-0.1, -0.05) is 18.2 Å². The number of aryl methyl sites for hydroxylation is 1. The zero-order valence-corrected chi connectivity index (χ0v) is 18.9. The van der Waals surface area contributed by atoms with Gasteiger partial charge >= 0.3 is 5.97 Å². The van der Waals surface area contributed by atoms with E-state index in [9.17, 15) is 14.4 Å². The lowest BCUT2D eigenvalue weighted by atomic mass is 9.96. The van der Waals surface area contributed by atoms with Crippen molar-refractivity contribution in [2.75, 3.05) is 25.7 Å². The molecule has 2 aromatic carbocycles. The fourth-order valence-electron chi connectivity index (χ4n) is 4.57. The molecule has 0 radical (unpaired) electrons. The first-order chi connectivity index (χ1) is 15.9. The largest absolute Gasteiger partial charge is 0.493 e. The molecule has 1 unspecified atom stereocenters. The Bertz CT molecular complexity index is 1140. The quantitative estimate of drug-likeness (QED) is 0.476. The fraction of sp³-hybridized carbons (Fsp3) is 0.320. The molecular weight excluding hydrogens is 424 g/mol. The molecule has 0 aliphatic carbocycles. The van der Waals surface area contributed by atoms with Crippen molar-refractivity contribution in [3.8, 4) is 11.5 Å². The number of ether oxygens (including phenoxy) is 3. The monoisotopic (exact) mass is 450 g/mol. The molecule has 0 aromatic heterocycles. The summed E-state index contributed by atoms with van der Waals surface area (Å²) in [7, 11) is 3.08. The van der Waals surface area contributed by atoms with Crippen LogP contribution in [0.2, 0.25) is 0 Å². The van der Waals surface area contributed by atoms with E-state index in [2.05, 4.69) is 6.58 Å². The van der Waals surface area contributed by atoms with Gasteiger partial charge in [0.25, 0.3) is 5.91 Å². The number of esters is 1. The molecule has 2 amide bonds. The number of fused-ring (bicyclic) bond motifs is 3. The summed E-state index contributed by atoms with van der Waals surface area (Å²) in [6.07, 6.45) is 1.81. The highest BCUT2D eigenvalue weighted by atomic mass is 16.5. The highest BCUT2D eigenvalue weighted by molar-refractivity contribution is 6.15. The van der Waals surface area contributed by atoms with E-state index in [1.165, 1.54) is 16.9 Å². The second kappa shape index (κ2) is 8.61. The predicted molar refractivity (Wildman–Crippen MR) is 121 cm³/mol. The van der Waals surface area contributed by atoms with Crippen molar-refractivity contribution in [1.29, 1.82) is 0 Å².